The molecule has 20 heavy (non-hydrogen) atoms. The molecule has 1 aromatic carbocycles. The summed E-state index contributed by atoms with van der Waals surface area (Å²) in [6, 6.07) is 3.47. The van der Waals surface area contributed by atoms with Gasteiger partial charge in [0.1, 0.15) is 0 Å². The van der Waals surface area contributed by atoms with Crippen LogP contribution in [0.25, 0.3) is 11.0 Å². The molecule has 0 amide bonds. The number of aryl methyl sites for hydroxylation is 1. The molecule has 1 aliphatic rings. The van der Waals surface area contributed by atoms with Crippen LogP contribution in [0.1, 0.15) is 30.8 Å². The molecule has 2 aromatic rings. The topological polar surface area (TPSA) is 44.1 Å². The van der Waals surface area contributed by atoms with Crippen LogP contribution in [-0.4, -0.2) is 15.5 Å². The van der Waals surface area contributed by atoms with Gasteiger partial charge in [0.05, 0.1) is 16.6 Å². The van der Waals surface area contributed by atoms with Crippen LogP contribution < -0.4 is 0 Å². The molecule has 0 radical (unpaired) electrons. The summed E-state index contributed by atoms with van der Waals surface area (Å²) in [6.07, 6.45) is -4.27. The van der Waals surface area contributed by atoms with E-state index in [2.05, 4.69) is 4.98 Å². The molecule has 0 bridgehead atoms. The lowest BCUT2D eigenvalue weighted by Crippen LogP contribution is -2.06. The van der Waals surface area contributed by atoms with Crippen LogP contribution in [0.3, 0.4) is 0 Å². The van der Waals surface area contributed by atoms with Gasteiger partial charge >= 0.3 is 12.1 Å². The van der Waals surface area contributed by atoms with Crippen molar-refractivity contribution in [2.45, 2.75) is 32.2 Å². The maximum absolute atomic E-state index is 12.7. The summed E-state index contributed by atoms with van der Waals surface area (Å²) in [6.45, 7) is 1.88. The Labute approximate surface area is 112 Å². The quantitative estimate of drug-likeness (QED) is 0.756. The van der Waals surface area contributed by atoms with E-state index in [9.17, 15) is 18.0 Å². The number of carbonyl (C=O) groups excluding carboxylic acids is 1. The van der Waals surface area contributed by atoms with Crippen molar-refractivity contribution in [3.8, 4) is 0 Å². The molecule has 1 atom stereocenters. The highest BCUT2D eigenvalue weighted by Crippen LogP contribution is 2.35. The lowest BCUT2D eigenvalue weighted by Gasteiger charge is -2.07. The number of fused-ring (bicyclic) bond motifs is 3. The lowest BCUT2D eigenvalue weighted by molar-refractivity contribution is -0.146. The highest BCUT2D eigenvalue weighted by atomic mass is 19.4. The Hall–Kier alpha value is -2.05. The minimum absolute atomic E-state index is 0.270. The van der Waals surface area contributed by atoms with Crippen molar-refractivity contribution in [2.75, 3.05) is 0 Å². The summed E-state index contributed by atoms with van der Waals surface area (Å²) >= 11 is 0. The first kappa shape index (κ1) is 13.0. The molecule has 3 rings (SSSR count). The van der Waals surface area contributed by atoms with Crippen molar-refractivity contribution in [1.29, 1.82) is 0 Å². The molecule has 0 spiro atoms. The number of hydrogen-bond donors (Lipinski definition) is 0. The zero-order chi connectivity index (χ0) is 14.5. The molecule has 0 saturated heterocycles. The number of nitrogens with zero attached hydrogens (tertiary/aromatic N) is 2. The summed E-state index contributed by atoms with van der Waals surface area (Å²) in [5, 5.41) is 0. The first-order valence-electron chi connectivity index (χ1n) is 6.11. The Morgan fingerprint density at radius 3 is 2.85 bits per heavy atom. The molecule has 0 N–H and O–H groups in total. The monoisotopic (exact) mass is 284 g/mol. The Morgan fingerprint density at radius 2 is 2.20 bits per heavy atom. The molecule has 106 valence electrons. The second kappa shape index (κ2) is 4.22. The largest absolute Gasteiger partial charge is 0.454 e. The summed E-state index contributed by atoms with van der Waals surface area (Å²) in [7, 11) is 0. The van der Waals surface area contributed by atoms with Gasteiger partial charge in [0.2, 0.25) is 0 Å². The fourth-order valence-electron chi connectivity index (χ4n) is 2.49. The number of aromatic nitrogens is 2. The van der Waals surface area contributed by atoms with Crippen molar-refractivity contribution in [3.63, 3.8) is 0 Å². The van der Waals surface area contributed by atoms with Crippen molar-refractivity contribution in [2.24, 2.45) is 0 Å². The third kappa shape index (κ3) is 2.03. The van der Waals surface area contributed by atoms with Crippen LogP contribution in [0.4, 0.5) is 13.2 Å². The maximum Gasteiger partial charge on any atom is 0.416 e. The molecule has 4 nitrogen and oxygen atoms in total. The van der Waals surface area contributed by atoms with Crippen LogP contribution in [0.2, 0.25) is 0 Å². The molecule has 7 heteroatoms. The van der Waals surface area contributed by atoms with E-state index >= 15 is 0 Å². The fourth-order valence-corrected chi connectivity index (χ4v) is 2.49. The summed E-state index contributed by atoms with van der Waals surface area (Å²) in [5.74, 6) is 0.0843. The van der Waals surface area contributed by atoms with Gasteiger partial charge in [0, 0.05) is 19.9 Å². The molecule has 1 aromatic heterocycles. The molecular weight excluding hydrogens is 273 g/mol. The third-order valence-electron chi connectivity index (χ3n) is 3.32. The van der Waals surface area contributed by atoms with E-state index in [-0.39, 0.29) is 5.52 Å². The van der Waals surface area contributed by atoms with Crippen LogP contribution >= 0.6 is 0 Å². The van der Waals surface area contributed by atoms with Gasteiger partial charge in [-0.2, -0.15) is 13.2 Å². The number of alkyl halides is 3. The number of carbonyl (C=O) groups is 1. The molecule has 0 fully saturated rings. The zero-order valence-electron chi connectivity index (χ0n) is 10.6. The van der Waals surface area contributed by atoms with E-state index in [1.54, 1.807) is 4.57 Å². The normalized spacial score (nSPS) is 18.3. The first-order chi connectivity index (χ1) is 9.36. The van der Waals surface area contributed by atoms with Gasteiger partial charge in [0.25, 0.3) is 0 Å². The molecule has 0 aliphatic carbocycles. The van der Waals surface area contributed by atoms with E-state index in [1.165, 1.54) is 13.0 Å². The molecule has 1 unspecified atom stereocenters. The summed E-state index contributed by atoms with van der Waals surface area (Å²) in [5.41, 5.74) is 0.167. The molecule has 0 saturated carbocycles. The second-order valence-corrected chi connectivity index (χ2v) is 4.71. The summed E-state index contributed by atoms with van der Waals surface area (Å²) in [4.78, 5) is 15.2. The van der Waals surface area contributed by atoms with Crippen LogP contribution in [0, 0.1) is 0 Å². The standard InChI is InChI=1S/C13H11F3N2O2/c1-7(19)20-11-4-5-18-10-3-2-8(13(14,15)16)6-9(10)17-12(11)18/h2-3,6,11H,4-5H2,1H3. The van der Waals surface area contributed by atoms with E-state index < -0.39 is 23.8 Å². The molecule has 2 heterocycles. The van der Waals surface area contributed by atoms with Gasteiger partial charge in [-0.05, 0) is 18.2 Å². The Morgan fingerprint density at radius 1 is 1.45 bits per heavy atom. The zero-order valence-corrected chi connectivity index (χ0v) is 10.6. The summed E-state index contributed by atoms with van der Waals surface area (Å²) < 4.78 is 44.9. The van der Waals surface area contributed by atoms with E-state index in [4.69, 9.17) is 4.74 Å². The number of hydrogen-bond acceptors (Lipinski definition) is 3. The maximum atomic E-state index is 12.7. The average molecular weight is 284 g/mol. The number of imidazole rings is 1. The van der Waals surface area contributed by atoms with Gasteiger partial charge in [-0.15, -0.1) is 0 Å². The number of rotatable bonds is 1. The highest BCUT2D eigenvalue weighted by molar-refractivity contribution is 5.77. The van der Waals surface area contributed by atoms with Gasteiger partial charge in [-0.3, -0.25) is 4.79 Å². The van der Waals surface area contributed by atoms with Gasteiger partial charge in [-0.1, -0.05) is 0 Å². The number of benzene rings is 1. The Bertz CT molecular complexity index is 691. The number of halogens is 3. The first-order valence-corrected chi connectivity index (χ1v) is 6.11. The van der Waals surface area contributed by atoms with Crippen LogP contribution in [-0.2, 0) is 22.3 Å². The van der Waals surface area contributed by atoms with Crippen molar-refractivity contribution < 1.29 is 22.7 Å². The second-order valence-electron chi connectivity index (χ2n) is 4.71. The Balaban J connectivity index is 2.06. The van der Waals surface area contributed by atoms with Crippen molar-refractivity contribution in [1.82, 2.24) is 9.55 Å². The van der Waals surface area contributed by atoms with Crippen LogP contribution in [0.5, 0.6) is 0 Å². The average Bonchev–Trinajstić information content (AvgIpc) is 2.87. The minimum Gasteiger partial charge on any atom is -0.454 e. The fraction of sp³-hybridized carbons (Fsp3) is 0.385. The van der Waals surface area contributed by atoms with Crippen LogP contribution in [0.15, 0.2) is 18.2 Å². The SMILES string of the molecule is CC(=O)OC1CCn2c1nc1cc(C(F)(F)F)ccc12. The van der Waals surface area contributed by atoms with Gasteiger partial charge in [0.15, 0.2) is 11.9 Å². The molecular formula is C13H11F3N2O2. The minimum atomic E-state index is -4.39. The number of esters is 1. The van der Waals surface area contributed by atoms with E-state index in [0.29, 0.717) is 24.3 Å². The van der Waals surface area contributed by atoms with E-state index in [0.717, 1.165) is 12.1 Å². The van der Waals surface area contributed by atoms with Gasteiger partial charge < -0.3 is 9.30 Å². The molecule has 1 aliphatic heterocycles. The van der Waals surface area contributed by atoms with Gasteiger partial charge in [-0.25, -0.2) is 4.98 Å². The smallest absolute Gasteiger partial charge is 0.416 e. The highest BCUT2D eigenvalue weighted by Gasteiger charge is 2.33. The Kier molecular flexibility index (Phi) is 2.74. The van der Waals surface area contributed by atoms with E-state index in [1.807, 2.05) is 0 Å². The predicted molar refractivity (Wildman–Crippen MR) is 63.9 cm³/mol. The number of ether oxygens (including phenoxy) is 1. The van der Waals surface area contributed by atoms with Crippen molar-refractivity contribution in [3.05, 3.63) is 29.6 Å². The van der Waals surface area contributed by atoms with Crippen molar-refractivity contribution >= 4 is 17.0 Å². The predicted octanol–water partition coefficient (Wildman–Crippen LogP) is 3.06. The third-order valence-corrected chi connectivity index (χ3v) is 3.32. The lowest BCUT2D eigenvalue weighted by atomic mass is 10.2.